The third-order valence-electron chi connectivity index (χ3n) is 5.58. The largest absolute Gasteiger partial charge is 0.351 e. The fourth-order valence-electron chi connectivity index (χ4n) is 3.64. The van der Waals surface area contributed by atoms with Crippen LogP contribution in [0.5, 0.6) is 0 Å². The number of nitrogens with one attached hydrogen (secondary N) is 2. The molecular formula is C25H33N3O2. The second-order valence-electron chi connectivity index (χ2n) is 9.17. The third kappa shape index (κ3) is 5.62. The zero-order chi connectivity index (χ0) is 21.7. The fraction of sp³-hybridized carbons (Fsp3) is 0.440. The van der Waals surface area contributed by atoms with E-state index < -0.39 is 5.41 Å². The molecule has 5 nitrogen and oxygen atoms in total. The number of amides is 3. The molecule has 1 heterocycles. The van der Waals surface area contributed by atoms with Crippen molar-refractivity contribution in [3.8, 4) is 11.1 Å². The lowest BCUT2D eigenvalue weighted by Gasteiger charge is -2.35. The van der Waals surface area contributed by atoms with Crippen LogP contribution in [0.4, 0.5) is 4.79 Å². The van der Waals surface area contributed by atoms with Crippen molar-refractivity contribution in [3.63, 3.8) is 0 Å². The Hall–Kier alpha value is -2.82. The summed E-state index contributed by atoms with van der Waals surface area (Å²) in [6.07, 6.45) is 1.80. The highest BCUT2D eigenvalue weighted by Gasteiger charge is 2.29. The molecule has 3 rings (SSSR count). The monoisotopic (exact) mass is 407 g/mol. The third-order valence-corrected chi connectivity index (χ3v) is 5.58. The topological polar surface area (TPSA) is 61.4 Å². The SMILES string of the molecule is CC(NC(=O)N1CCCC(NC(=O)C(C)(C)C)C1)c1ccc(-c2ccccc2)cc1. The van der Waals surface area contributed by atoms with E-state index >= 15 is 0 Å². The van der Waals surface area contributed by atoms with Gasteiger partial charge in [0.2, 0.25) is 5.91 Å². The van der Waals surface area contributed by atoms with Gasteiger partial charge in [0.05, 0.1) is 6.04 Å². The predicted molar refractivity (Wildman–Crippen MR) is 121 cm³/mol. The molecule has 1 aliphatic heterocycles. The van der Waals surface area contributed by atoms with E-state index in [-0.39, 0.29) is 24.0 Å². The van der Waals surface area contributed by atoms with Crippen molar-refractivity contribution in [2.75, 3.05) is 13.1 Å². The Morgan fingerprint density at radius 3 is 2.27 bits per heavy atom. The lowest BCUT2D eigenvalue weighted by molar-refractivity contribution is -0.129. The van der Waals surface area contributed by atoms with Gasteiger partial charge in [-0.15, -0.1) is 0 Å². The van der Waals surface area contributed by atoms with E-state index in [4.69, 9.17) is 0 Å². The minimum atomic E-state index is -0.426. The molecule has 5 heteroatoms. The Kier molecular flexibility index (Phi) is 6.80. The fourth-order valence-corrected chi connectivity index (χ4v) is 3.64. The lowest BCUT2D eigenvalue weighted by atomic mass is 9.94. The molecule has 1 aliphatic rings. The van der Waals surface area contributed by atoms with E-state index in [1.54, 1.807) is 0 Å². The summed E-state index contributed by atoms with van der Waals surface area (Å²) in [7, 11) is 0. The molecule has 0 aliphatic carbocycles. The molecular weight excluding hydrogens is 374 g/mol. The van der Waals surface area contributed by atoms with Crippen LogP contribution >= 0.6 is 0 Å². The number of carbonyl (C=O) groups is 2. The van der Waals surface area contributed by atoms with Crippen LogP contribution in [0.15, 0.2) is 54.6 Å². The molecule has 2 unspecified atom stereocenters. The molecule has 0 radical (unpaired) electrons. The number of urea groups is 1. The normalized spacial score (nSPS) is 17.9. The maximum absolute atomic E-state index is 12.8. The average Bonchev–Trinajstić information content (AvgIpc) is 2.74. The highest BCUT2D eigenvalue weighted by molar-refractivity contribution is 5.82. The number of benzene rings is 2. The van der Waals surface area contributed by atoms with Gasteiger partial charge in [-0.25, -0.2) is 4.79 Å². The zero-order valence-electron chi connectivity index (χ0n) is 18.4. The summed E-state index contributed by atoms with van der Waals surface area (Å²) in [5.74, 6) is 0.0293. The van der Waals surface area contributed by atoms with Crippen LogP contribution in [-0.2, 0) is 4.79 Å². The Labute approximate surface area is 179 Å². The molecule has 0 saturated carbocycles. The average molecular weight is 408 g/mol. The summed E-state index contributed by atoms with van der Waals surface area (Å²) in [6, 6.07) is 18.4. The van der Waals surface area contributed by atoms with E-state index in [9.17, 15) is 9.59 Å². The van der Waals surface area contributed by atoms with Crippen molar-refractivity contribution in [1.82, 2.24) is 15.5 Å². The molecule has 2 atom stereocenters. The van der Waals surface area contributed by atoms with E-state index in [1.807, 2.05) is 50.8 Å². The summed E-state index contributed by atoms with van der Waals surface area (Å²) in [5, 5.41) is 6.19. The van der Waals surface area contributed by atoms with Crippen molar-refractivity contribution in [1.29, 1.82) is 0 Å². The van der Waals surface area contributed by atoms with Gasteiger partial charge in [-0.05, 0) is 36.5 Å². The molecule has 3 amide bonds. The van der Waals surface area contributed by atoms with E-state index in [0.717, 1.165) is 24.0 Å². The molecule has 2 aromatic carbocycles. The number of nitrogens with zero attached hydrogens (tertiary/aromatic N) is 1. The van der Waals surface area contributed by atoms with Gasteiger partial charge < -0.3 is 15.5 Å². The molecule has 160 valence electrons. The van der Waals surface area contributed by atoms with Gasteiger partial charge in [-0.3, -0.25) is 4.79 Å². The highest BCUT2D eigenvalue weighted by atomic mass is 16.2. The molecule has 0 bridgehead atoms. The van der Waals surface area contributed by atoms with Crippen LogP contribution in [0.1, 0.15) is 52.1 Å². The van der Waals surface area contributed by atoms with E-state index in [1.165, 1.54) is 5.56 Å². The van der Waals surface area contributed by atoms with Gasteiger partial charge in [-0.2, -0.15) is 0 Å². The first-order chi connectivity index (χ1) is 14.2. The van der Waals surface area contributed by atoms with Crippen LogP contribution in [0.3, 0.4) is 0 Å². The number of hydrogen-bond acceptors (Lipinski definition) is 2. The first-order valence-corrected chi connectivity index (χ1v) is 10.8. The summed E-state index contributed by atoms with van der Waals surface area (Å²) < 4.78 is 0. The van der Waals surface area contributed by atoms with E-state index in [2.05, 4.69) is 47.0 Å². The molecule has 1 saturated heterocycles. The van der Waals surface area contributed by atoms with Crippen molar-refractivity contribution in [2.45, 2.75) is 52.6 Å². The smallest absolute Gasteiger partial charge is 0.317 e. The standard InChI is InChI=1S/C25H33N3O2/c1-18(19-12-14-21(15-13-19)20-9-6-5-7-10-20)26-24(30)28-16-8-11-22(17-28)27-23(29)25(2,3)4/h5-7,9-10,12-15,18,22H,8,11,16-17H2,1-4H3,(H,26,30)(H,27,29). The summed E-state index contributed by atoms with van der Waals surface area (Å²) in [6.45, 7) is 8.97. The minimum absolute atomic E-state index is 0.0108. The molecule has 2 aromatic rings. The lowest BCUT2D eigenvalue weighted by Crippen LogP contribution is -2.53. The molecule has 1 fully saturated rings. The Morgan fingerprint density at radius 1 is 1.00 bits per heavy atom. The first kappa shape index (κ1) is 21.9. The second-order valence-corrected chi connectivity index (χ2v) is 9.17. The van der Waals surface area contributed by atoms with E-state index in [0.29, 0.717) is 13.1 Å². The van der Waals surface area contributed by atoms with Crippen molar-refractivity contribution < 1.29 is 9.59 Å². The second kappa shape index (κ2) is 9.33. The molecule has 2 N–H and O–H groups in total. The van der Waals surface area contributed by atoms with Crippen LogP contribution in [-0.4, -0.2) is 36.0 Å². The van der Waals surface area contributed by atoms with Crippen molar-refractivity contribution >= 4 is 11.9 Å². The van der Waals surface area contributed by atoms with Gasteiger partial charge in [0.1, 0.15) is 0 Å². The number of piperidine rings is 1. The Bertz CT molecular complexity index is 856. The van der Waals surface area contributed by atoms with Crippen molar-refractivity contribution in [2.24, 2.45) is 5.41 Å². The Balaban J connectivity index is 1.56. The number of rotatable bonds is 4. The first-order valence-electron chi connectivity index (χ1n) is 10.8. The quantitative estimate of drug-likeness (QED) is 0.768. The maximum atomic E-state index is 12.8. The maximum Gasteiger partial charge on any atom is 0.317 e. The minimum Gasteiger partial charge on any atom is -0.351 e. The number of carbonyl (C=O) groups excluding carboxylic acids is 2. The van der Waals surface area contributed by atoms with Gasteiger partial charge in [-0.1, -0.05) is 75.4 Å². The van der Waals surface area contributed by atoms with Crippen LogP contribution in [0.25, 0.3) is 11.1 Å². The highest BCUT2D eigenvalue weighted by Crippen LogP contribution is 2.22. The summed E-state index contributed by atoms with van der Waals surface area (Å²) >= 11 is 0. The summed E-state index contributed by atoms with van der Waals surface area (Å²) in [4.78, 5) is 26.9. The van der Waals surface area contributed by atoms with Crippen LogP contribution in [0, 0.1) is 5.41 Å². The van der Waals surface area contributed by atoms with Gasteiger partial charge in [0.25, 0.3) is 0 Å². The van der Waals surface area contributed by atoms with Crippen LogP contribution in [0.2, 0.25) is 0 Å². The number of likely N-dealkylation sites (tertiary alicyclic amines) is 1. The molecule has 0 aromatic heterocycles. The predicted octanol–water partition coefficient (Wildman–Crippen LogP) is 4.75. The van der Waals surface area contributed by atoms with Crippen LogP contribution < -0.4 is 10.6 Å². The zero-order valence-corrected chi connectivity index (χ0v) is 18.4. The Morgan fingerprint density at radius 2 is 1.63 bits per heavy atom. The van der Waals surface area contributed by atoms with Gasteiger partial charge in [0, 0.05) is 24.5 Å². The molecule has 30 heavy (non-hydrogen) atoms. The van der Waals surface area contributed by atoms with Crippen molar-refractivity contribution in [3.05, 3.63) is 60.2 Å². The number of hydrogen-bond donors (Lipinski definition) is 2. The van der Waals surface area contributed by atoms with Gasteiger partial charge >= 0.3 is 6.03 Å². The molecule has 0 spiro atoms. The summed E-state index contributed by atoms with van der Waals surface area (Å²) in [5.41, 5.74) is 2.98. The van der Waals surface area contributed by atoms with Gasteiger partial charge in [0.15, 0.2) is 0 Å².